The molecule has 1 aromatic heterocycles. The van der Waals surface area contributed by atoms with Crippen molar-refractivity contribution >= 4 is 23.5 Å². The van der Waals surface area contributed by atoms with E-state index in [1.54, 1.807) is 7.05 Å². The minimum atomic E-state index is -1.07. The molecule has 0 amide bonds. The minimum Gasteiger partial charge on any atom is -0.478 e. The Balaban J connectivity index is 3.15. The van der Waals surface area contributed by atoms with Crippen LogP contribution in [0.5, 0.6) is 0 Å². The lowest BCUT2D eigenvalue weighted by molar-refractivity contribution is 0.0695. The normalized spacial score (nSPS) is 9.69. The van der Waals surface area contributed by atoms with E-state index in [9.17, 15) is 4.79 Å². The summed E-state index contributed by atoms with van der Waals surface area (Å²) in [6.07, 6.45) is 1.23. The molecule has 2 N–H and O–H groups in total. The van der Waals surface area contributed by atoms with E-state index in [4.69, 9.17) is 16.7 Å². The molecule has 0 aliphatic rings. The first-order valence-corrected chi connectivity index (χ1v) is 4.05. The molecule has 1 aromatic rings. The fourth-order valence-corrected chi connectivity index (χ4v) is 1.02. The number of carbonyl (C=O) groups is 1. The van der Waals surface area contributed by atoms with Gasteiger partial charge in [-0.1, -0.05) is 0 Å². The first kappa shape index (κ1) is 9.73. The van der Waals surface area contributed by atoms with Crippen LogP contribution in [0.3, 0.4) is 0 Å². The molecule has 70 valence electrons. The van der Waals surface area contributed by atoms with Crippen molar-refractivity contribution in [1.29, 1.82) is 0 Å². The number of nitrogens with zero attached hydrogens (tertiary/aromatic N) is 2. The molecule has 13 heavy (non-hydrogen) atoms. The van der Waals surface area contributed by atoms with E-state index in [1.807, 2.05) is 0 Å². The third-order valence-electron chi connectivity index (χ3n) is 1.45. The van der Waals surface area contributed by atoms with Gasteiger partial charge in [-0.3, -0.25) is 0 Å². The molecule has 0 saturated heterocycles. The van der Waals surface area contributed by atoms with Crippen molar-refractivity contribution in [3.63, 3.8) is 0 Å². The second kappa shape index (κ2) is 4.04. The topological polar surface area (TPSA) is 75.1 Å². The van der Waals surface area contributed by atoms with Crippen LogP contribution in [0.25, 0.3) is 0 Å². The number of alkyl halides is 1. The van der Waals surface area contributed by atoms with Crippen molar-refractivity contribution in [2.45, 2.75) is 5.88 Å². The molecule has 0 saturated carbocycles. The standard InChI is InChI=1S/C7H8ClN3O2/c1-9-7-10-3-4(6(12)13)5(2-8)11-7/h3H,2H2,1H3,(H,12,13)(H,9,10,11). The zero-order valence-corrected chi connectivity index (χ0v) is 7.67. The molecule has 1 heterocycles. The predicted molar refractivity (Wildman–Crippen MR) is 48.1 cm³/mol. The number of rotatable bonds is 3. The summed E-state index contributed by atoms with van der Waals surface area (Å²) in [5.74, 6) is -0.655. The highest BCUT2D eigenvalue weighted by atomic mass is 35.5. The lowest BCUT2D eigenvalue weighted by atomic mass is 10.2. The summed E-state index contributed by atoms with van der Waals surface area (Å²) in [4.78, 5) is 18.3. The summed E-state index contributed by atoms with van der Waals surface area (Å²) >= 11 is 5.52. The maximum Gasteiger partial charge on any atom is 0.339 e. The van der Waals surface area contributed by atoms with Gasteiger partial charge in [-0.15, -0.1) is 11.6 Å². The van der Waals surface area contributed by atoms with Crippen LogP contribution in [0.2, 0.25) is 0 Å². The molecular weight excluding hydrogens is 194 g/mol. The summed E-state index contributed by atoms with van der Waals surface area (Å²) in [6, 6.07) is 0. The Labute approximate surface area is 79.8 Å². The van der Waals surface area contributed by atoms with Crippen molar-refractivity contribution in [2.75, 3.05) is 12.4 Å². The Kier molecular flexibility index (Phi) is 3.02. The number of hydrogen-bond acceptors (Lipinski definition) is 4. The number of halogens is 1. The largest absolute Gasteiger partial charge is 0.478 e. The zero-order valence-electron chi connectivity index (χ0n) is 6.91. The summed E-state index contributed by atoms with van der Waals surface area (Å²) in [6.45, 7) is 0. The van der Waals surface area contributed by atoms with E-state index in [2.05, 4.69) is 15.3 Å². The Hall–Kier alpha value is -1.36. The fourth-order valence-electron chi connectivity index (χ4n) is 0.818. The number of aromatic nitrogens is 2. The van der Waals surface area contributed by atoms with Crippen LogP contribution < -0.4 is 5.32 Å². The van der Waals surface area contributed by atoms with E-state index in [1.165, 1.54) is 6.20 Å². The molecule has 0 aliphatic heterocycles. The van der Waals surface area contributed by atoms with E-state index >= 15 is 0 Å². The van der Waals surface area contributed by atoms with Crippen LogP contribution in [0.15, 0.2) is 6.20 Å². The van der Waals surface area contributed by atoms with Crippen molar-refractivity contribution in [3.05, 3.63) is 17.5 Å². The molecule has 0 radical (unpaired) electrons. The van der Waals surface area contributed by atoms with Crippen molar-refractivity contribution in [2.24, 2.45) is 0 Å². The molecule has 0 spiro atoms. The Morgan fingerprint density at radius 3 is 2.92 bits per heavy atom. The highest BCUT2D eigenvalue weighted by Crippen LogP contribution is 2.10. The minimum absolute atomic E-state index is 0.0361. The summed E-state index contributed by atoms with van der Waals surface area (Å²) in [5, 5.41) is 11.4. The maximum absolute atomic E-state index is 10.6. The van der Waals surface area contributed by atoms with Crippen LogP contribution in [0, 0.1) is 0 Å². The first-order valence-electron chi connectivity index (χ1n) is 3.52. The van der Waals surface area contributed by atoms with Gasteiger partial charge < -0.3 is 10.4 Å². The Morgan fingerprint density at radius 2 is 2.46 bits per heavy atom. The number of carboxylic acid groups (broad SMARTS) is 1. The third-order valence-corrected chi connectivity index (χ3v) is 1.70. The van der Waals surface area contributed by atoms with Crippen LogP contribution in [0.1, 0.15) is 16.1 Å². The molecule has 0 aromatic carbocycles. The number of anilines is 1. The highest BCUT2D eigenvalue weighted by Gasteiger charge is 2.11. The monoisotopic (exact) mass is 201 g/mol. The average Bonchev–Trinajstić information content (AvgIpc) is 2.16. The van der Waals surface area contributed by atoms with Gasteiger partial charge in [0, 0.05) is 13.2 Å². The SMILES string of the molecule is CNc1ncc(C(=O)O)c(CCl)n1. The van der Waals surface area contributed by atoms with Gasteiger partial charge in [-0.2, -0.15) is 0 Å². The fraction of sp³-hybridized carbons (Fsp3) is 0.286. The number of nitrogens with one attached hydrogen (secondary N) is 1. The second-order valence-electron chi connectivity index (χ2n) is 2.24. The number of aromatic carboxylic acids is 1. The molecular formula is C7H8ClN3O2. The predicted octanol–water partition coefficient (Wildman–Crippen LogP) is 0.955. The van der Waals surface area contributed by atoms with Crippen LogP contribution >= 0.6 is 11.6 Å². The molecule has 1 rings (SSSR count). The van der Waals surface area contributed by atoms with Crippen LogP contribution in [-0.2, 0) is 5.88 Å². The Bertz CT molecular complexity index is 330. The van der Waals surface area contributed by atoms with Crippen LogP contribution in [0.4, 0.5) is 5.95 Å². The number of hydrogen-bond donors (Lipinski definition) is 2. The molecule has 0 bridgehead atoms. The van der Waals surface area contributed by atoms with Gasteiger partial charge in [0.05, 0.1) is 11.6 Å². The van der Waals surface area contributed by atoms with E-state index in [0.29, 0.717) is 11.6 Å². The average molecular weight is 202 g/mol. The number of carboxylic acids is 1. The van der Waals surface area contributed by atoms with Crippen molar-refractivity contribution < 1.29 is 9.90 Å². The van der Waals surface area contributed by atoms with Crippen LogP contribution in [-0.4, -0.2) is 28.1 Å². The van der Waals surface area contributed by atoms with Crippen molar-refractivity contribution in [1.82, 2.24) is 9.97 Å². The molecule has 0 fully saturated rings. The van der Waals surface area contributed by atoms with E-state index in [0.717, 1.165) is 0 Å². The van der Waals surface area contributed by atoms with Crippen molar-refractivity contribution in [3.8, 4) is 0 Å². The summed E-state index contributed by atoms with van der Waals surface area (Å²) < 4.78 is 0. The summed E-state index contributed by atoms with van der Waals surface area (Å²) in [7, 11) is 1.65. The van der Waals surface area contributed by atoms with Gasteiger partial charge in [-0.05, 0) is 0 Å². The lowest BCUT2D eigenvalue weighted by Gasteiger charge is -2.03. The Morgan fingerprint density at radius 1 is 1.77 bits per heavy atom. The van der Waals surface area contributed by atoms with E-state index in [-0.39, 0.29) is 11.4 Å². The molecule has 0 atom stereocenters. The van der Waals surface area contributed by atoms with Gasteiger partial charge in [0.2, 0.25) is 5.95 Å². The maximum atomic E-state index is 10.6. The first-order chi connectivity index (χ1) is 6.19. The van der Waals surface area contributed by atoms with Gasteiger partial charge in [0.1, 0.15) is 5.56 Å². The van der Waals surface area contributed by atoms with Gasteiger partial charge in [0.25, 0.3) is 0 Å². The molecule has 6 heteroatoms. The van der Waals surface area contributed by atoms with E-state index < -0.39 is 5.97 Å². The quantitative estimate of drug-likeness (QED) is 0.713. The van der Waals surface area contributed by atoms with Gasteiger partial charge in [-0.25, -0.2) is 14.8 Å². The lowest BCUT2D eigenvalue weighted by Crippen LogP contribution is -2.07. The molecule has 0 aliphatic carbocycles. The highest BCUT2D eigenvalue weighted by molar-refractivity contribution is 6.17. The molecule has 5 nitrogen and oxygen atoms in total. The summed E-state index contributed by atoms with van der Waals surface area (Å²) in [5.41, 5.74) is 0.350. The zero-order chi connectivity index (χ0) is 9.84. The smallest absolute Gasteiger partial charge is 0.339 e. The third kappa shape index (κ3) is 2.06. The van der Waals surface area contributed by atoms with Gasteiger partial charge >= 0.3 is 5.97 Å². The van der Waals surface area contributed by atoms with Gasteiger partial charge in [0.15, 0.2) is 0 Å². The molecule has 0 unspecified atom stereocenters. The second-order valence-corrected chi connectivity index (χ2v) is 2.51.